The smallest absolute Gasteiger partial charge is 0.328 e. The van der Waals surface area contributed by atoms with Gasteiger partial charge in [-0.2, -0.15) is 11.8 Å². The van der Waals surface area contributed by atoms with Crippen LogP contribution in [0.25, 0.3) is 0 Å². The van der Waals surface area contributed by atoms with Crippen LogP contribution in [0.3, 0.4) is 0 Å². The number of benzene rings is 1. The van der Waals surface area contributed by atoms with Crippen LogP contribution in [0.15, 0.2) is 24.3 Å². The van der Waals surface area contributed by atoms with E-state index in [-0.39, 0.29) is 11.4 Å². The van der Waals surface area contributed by atoms with Gasteiger partial charge in [0.05, 0.1) is 12.1 Å². The van der Waals surface area contributed by atoms with E-state index in [1.165, 1.54) is 25.5 Å². The van der Waals surface area contributed by atoms with Crippen LogP contribution in [0.1, 0.15) is 43.2 Å². The van der Waals surface area contributed by atoms with Crippen LogP contribution in [-0.4, -0.2) is 36.1 Å². The zero-order chi connectivity index (χ0) is 18.3. The zero-order valence-electron chi connectivity index (χ0n) is 15.5. The lowest BCUT2D eigenvalue weighted by Crippen LogP contribution is -2.51. The van der Waals surface area contributed by atoms with Crippen LogP contribution in [0.4, 0.5) is 0 Å². The van der Waals surface area contributed by atoms with Gasteiger partial charge in [0.1, 0.15) is 6.04 Å². The monoisotopic (exact) mass is 379 g/mol. The number of carbonyl (C=O) groups is 1. The lowest BCUT2D eigenvalue weighted by Gasteiger charge is -2.43. The van der Waals surface area contributed by atoms with Crippen molar-refractivity contribution in [3.05, 3.63) is 35.4 Å². The summed E-state index contributed by atoms with van der Waals surface area (Å²) in [5.41, 5.74) is 2.41. The molecule has 0 aromatic heterocycles. The van der Waals surface area contributed by atoms with Gasteiger partial charge in [0.2, 0.25) is 0 Å². The number of methoxy groups -OCH3 is 1. The number of thiocarbonyl (C=S) groups is 1. The summed E-state index contributed by atoms with van der Waals surface area (Å²) >= 11 is 7.62. The minimum atomic E-state index is -0.418. The third-order valence-corrected chi connectivity index (χ3v) is 6.40. The standard InChI is InChI=1S/C20H29NO2S2/c1-15-6-8-16(9-7-15)14-17(18(22)23-2)21-19(24)20(10-4-11-20)12-5-13-25-3/h6-9,17H,4-5,10-14H2,1-3H3,(H,21,24). The summed E-state index contributed by atoms with van der Waals surface area (Å²) in [6, 6.07) is 7.84. The summed E-state index contributed by atoms with van der Waals surface area (Å²) in [5.74, 6) is 0.912. The van der Waals surface area contributed by atoms with Crippen LogP contribution in [-0.2, 0) is 16.0 Å². The van der Waals surface area contributed by atoms with Gasteiger partial charge in [0, 0.05) is 11.8 Å². The molecule has 1 aliphatic rings. The van der Waals surface area contributed by atoms with Crippen LogP contribution in [0.2, 0.25) is 0 Å². The Kier molecular flexibility index (Phi) is 7.76. The van der Waals surface area contributed by atoms with Gasteiger partial charge < -0.3 is 10.1 Å². The van der Waals surface area contributed by atoms with Crippen LogP contribution in [0, 0.1) is 12.3 Å². The Balaban J connectivity index is 2.03. The fourth-order valence-electron chi connectivity index (χ4n) is 3.36. The molecule has 138 valence electrons. The lowest BCUT2D eigenvalue weighted by molar-refractivity contribution is -0.142. The molecule has 1 fully saturated rings. The summed E-state index contributed by atoms with van der Waals surface area (Å²) in [6.07, 6.45) is 8.49. The maximum absolute atomic E-state index is 12.3. The van der Waals surface area contributed by atoms with E-state index in [9.17, 15) is 4.79 Å². The van der Waals surface area contributed by atoms with Crippen molar-refractivity contribution in [1.82, 2.24) is 5.32 Å². The van der Waals surface area contributed by atoms with Crippen LogP contribution in [0.5, 0.6) is 0 Å². The van der Waals surface area contributed by atoms with E-state index in [1.807, 2.05) is 11.8 Å². The maximum atomic E-state index is 12.3. The Morgan fingerprint density at radius 3 is 2.56 bits per heavy atom. The molecule has 0 heterocycles. The second-order valence-electron chi connectivity index (χ2n) is 6.97. The van der Waals surface area contributed by atoms with Gasteiger partial charge in [0.15, 0.2) is 0 Å². The number of hydrogen-bond acceptors (Lipinski definition) is 4. The Bertz CT molecular complexity index is 582. The molecule has 3 nitrogen and oxygen atoms in total. The van der Waals surface area contributed by atoms with Gasteiger partial charge in [-0.3, -0.25) is 0 Å². The number of thioether (sulfide) groups is 1. The zero-order valence-corrected chi connectivity index (χ0v) is 17.1. The van der Waals surface area contributed by atoms with Crippen molar-refractivity contribution in [2.24, 2.45) is 5.41 Å². The highest BCUT2D eigenvalue weighted by molar-refractivity contribution is 7.98. The van der Waals surface area contributed by atoms with Crippen molar-refractivity contribution in [3.63, 3.8) is 0 Å². The predicted octanol–water partition coefficient (Wildman–Crippen LogP) is 4.31. The van der Waals surface area contributed by atoms with Crippen LogP contribution < -0.4 is 5.32 Å². The second kappa shape index (κ2) is 9.58. The quantitative estimate of drug-likeness (QED) is 0.393. The molecule has 0 bridgehead atoms. The highest BCUT2D eigenvalue weighted by Crippen LogP contribution is 2.46. The largest absolute Gasteiger partial charge is 0.467 e. The molecule has 1 N–H and O–H groups in total. The predicted molar refractivity (Wildman–Crippen MR) is 110 cm³/mol. The molecule has 0 amide bonds. The molecule has 0 saturated heterocycles. The molecule has 0 radical (unpaired) electrons. The third-order valence-electron chi connectivity index (χ3n) is 5.15. The first-order valence-corrected chi connectivity index (χ1v) is 10.7. The van der Waals surface area contributed by atoms with E-state index < -0.39 is 6.04 Å². The van der Waals surface area contributed by atoms with Crippen molar-refractivity contribution in [2.75, 3.05) is 19.1 Å². The first-order chi connectivity index (χ1) is 12.0. The highest BCUT2D eigenvalue weighted by atomic mass is 32.2. The average Bonchev–Trinajstić information content (AvgIpc) is 2.57. The molecule has 1 saturated carbocycles. The molecule has 5 heteroatoms. The van der Waals surface area contributed by atoms with Crippen LogP contribution >= 0.6 is 24.0 Å². The van der Waals surface area contributed by atoms with Crippen molar-refractivity contribution >= 4 is 34.9 Å². The minimum absolute atomic E-state index is 0.0879. The van der Waals surface area contributed by atoms with Crippen molar-refractivity contribution in [3.8, 4) is 0 Å². The lowest BCUT2D eigenvalue weighted by atomic mass is 9.66. The Hall–Kier alpha value is -1.07. The number of hydrogen-bond donors (Lipinski definition) is 1. The average molecular weight is 380 g/mol. The molecule has 1 atom stereocenters. The van der Waals surface area contributed by atoms with Gasteiger partial charge in [-0.1, -0.05) is 48.5 Å². The number of rotatable bonds is 9. The summed E-state index contributed by atoms with van der Waals surface area (Å²) in [5, 5.41) is 3.35. The summed E-state index contributed by atoms with van der Waals surface area (Å²) in [4.78, 5) is 13.1. The fourth-order valence-corrected chi connectivity index (χ4v) is 4.24. The van der Waals surface area contributed by atoms with Gasteiger partial charge in [-0.25, -0.2) is 4.79 Å². The molecule has 1 aromatic carbocycles. The van der Waals surface area contributed by atoms with E-state index in [4.69, 9.17) is 17.0 Å². The van der Waals surface area contributed by atoms with Gasteiger partial charge in [0.25, 0.3) is 0 Å². The van der Waals surface area contributed by atoms with Crippen molar-refractivity contribution in [2.45, 2.75) is 51.5 Å². The second-order valence-corrected chi connectivity index (χ2v) is 8.36. The minimum Gasteiger partial charge on any atom is -0.467 e. The number of ether oxygens (including phenoxy) is 1. The number of carbonyl (C=O) groups excluding carboxylic acids is 1. The molecule has 1 aliphatic carbocycles. The molecule has 25 heavy (non-hydrogen) atoms. The van der Waals surface area contributed by atoms with Crippen molar-refractivity contribution < 1.29 is 9.53 Å². The van der Waals surface area contributed by atoms with Gasteiger partial charge >= 0.3 is 5.97 Å². The maximum Gasteiger partial charge on any atom is 0.328 e. The third kappa shape index (κ3) is 5.45. The number of nitrogens with one attached hydrogen (secondary N) is 1. The summed E-state index contributed by atoms with van der Waals surface area (Å²) in [7, 11) is 1.44. The molecule has 2 rings (SSSR count). The fraction of sp³-hybridized carbons (Fsp3) is 0.600. The Morgan fingerprint density at radius 1 is 1.36 bits per heavy atom. The topological polar surface area (TPSA) is 38.3 Å². The van der Waals surface area contributed by atoms with E-state index in [2.05, 4.69) is 42.8 Å². The Morgan fingerprint density at radius 2 is 2.04 bits per heavy atom. The molecule has 0 aliphatic heterocycles. The van der Waals surface area contributed by atoms with E-state index in [0.29, 0.717) is 6.42 Å². The number of aryl methyl sites for hydroxylation is 1. The van der Waals surface area contributed by atoms with Crippen molar-refractivity contribution in [1.29, 1.82) is 0 Å². The number of esters is 1. The Labute approximate surface area is 161 Å². The highest BCUT2D eigenvalue weighted by Gasteiger charge is 2.41. The SMILES string of the molecule is COC(=O)C(Cc1ccc(C)cc1)NC(=S)C1(CCCSC)CCC1. The van der Waals surface area contributed by atoms with Gasteiger partial charge in [-0.05, 0) is 50.2 Å². The molecule has 0 spiro atoms. The summed E-state index contributed by atoms with van der Waals surface area (Å²) in [6.45, 7) is 2.06. The van der Waals surface area contributed by atoms with Gasteiger partial charge in [-0.15, -0.1) is 0 Å². The molecular weight excluding hydrogens is 350 g/mol. The summed E-state index contributed by atoms with van der Waals surface area (Å²) < 4.78 is 5.01. The molecule has 1 unspecified atom stereocenters. The normalized spacial score (nSPS) is 16.6. The van der Waals surface area contributed by atoms with E-state index in [0.717, 1.165) is 35.6 Å². The first-order valence-electron chi connectivity index (χ1n) is 8.94. The molecular formula is C20H29NO2S2. The van der Waals surface area contributed by atoms with E-state index >= 15 is 0 Å². The van der Waals surface area contributed by atoms with E-state index in [1.54, 1.807) is 0 Å². The first kappa shape index (κ1) is 20.2. The molecule has 1 aromatic rings.